The minimum absolute atomic E-state index is 0.338. The number of aromatic amines is 1. The van der Waals surface area contributed by atoms with Crippen LogP contribution in [0.4, 0.5) is 5.69 Å². The zero-order chi connectivity index (χ0) is 20.6. The van der Waals surface area contributed by atoms with E-state index < -0.39 is 14.0 Å². The number of anilines is 1. The molecule has 3 N–H and O–H groups in total. The maximum atomic E-state index is 10.7. The standard InChI is InChI=1S/C15H18N2Si.C7H7NO2/c1-18(2,3)9-8-12-4-6-13(7-5-12)14-10-17-11-15(14)16;1-10-7(9)6-4-2-3-5-8-6/h4-7,10-11,17H,16H2,1-3H3;2-5H,1H3. The van der Waals surface area contributed by atoms with Crippen LogP contribution in [-0.4, -0.2) is 31.1 Å². The Hall–Kier alpha value is -3.30. The number of carbonyl (C=O) groups is 1. The van der Waals surface area contributed by atoms with Crippen LogP contribution in [0.2, 0.25) is 19.6 Å². The first-order valence-electron chi connectivity index (χ1n) is 8.85. The maximum Gasteiger partial charge on any atom is 0.356 e. The molecule has 0 amide bonds. The number of nitrogen functional groups attached to an aromatic ring is 1. The summed E-state index contributed by atoms with van der Waals surface area (Å²) in [5.41, 5.74) is 13.6. The molecule has 5 nitrogen and oxygen atoms in total. The fraction of sp³-hybridized carbons (Fsp3) is 0.182. The molecule has 0 saturated carbocycles. The Morgan fingerprint density at radius 1 is 1.11 bits per heavy atom. The van der Waals surface area contributed by atoms with E-state index in [9.17, 15) is 4.79 Å². The molecule has 1 aromatic carbocycles. The molecule has 0 aliphatic rings. The number of nitrogens with two attached hydrogens (primary N) is 1. The molecule has 0 radical (unpaired) electrons. The van der Waals surface area contributed by atoms with E-state index in [0.29, 0.717) is 5.69 Å². The van der Waals surface area contributed by atoms with Gasteiger partial charge in [0.25, 0.3) is 0 Å². The molecule has 2 aromatic heterocycles. The van der Waals surface area contributed by atoms with Crippen LogP contribution in [0, 0.1) is 11.5 Å². The van der Waals surface area contributed by atoms with Gasteiger partial charge in [0.2, 0.25) is 0 Å². The lowest BCUT2D eigenvalue weighted by atomic mass is 10.1. The van der Waals surface area contributed by atoms with Crippen molar-refractivity contribution in [1.29, 1.82) is 0 Å². The van der Waals surface area contributed by atoms with Gasteiger partial charge < -0.3 is 15.5 Å². The molecule has 0 atom stereocenters. The zero-order valence-corrected chi connectivity index (χ0v) is 17.6. The third kappa shape index (κ3) is 6.45. The van der Waals surface area contributed by atoms with Crippen molar-refractivity contribution in [3.05, 3.63) is 72.3 Å². The monoisotopic (exact) mass is 391 g/mol. The average Bonchev–Trinajstić information content (AvgIpc) is 3.13. The van der Waals surface area contributed by atoms with Crippen molar-refractivity contribution in [1.82, 2.24) is 9.97 Å². The minimum Gasteiger partial charge on any atom is -0.464 e. The van der Waals surface area contributed by atoms with Gasteiger partial charge in [-0.1, -0.05) is 43.8 Å². The third-order valence-electron chi connectivity index (χ3n) is 3.61. The highest BCUT2D eigenvalue weighted by Gasteiger charge is 2.07. The molecule has 0 fully saturated rings. The van der Waals surface area contributed by atoms with Crippen molar-refractivity contribution in [3.63, 3.8) is 0 Å². The first-order chi connectivity index (χ1) is 13.3. The van der Waals surface area contributed by atoms with Crippen molar-refractivity contribution in [2.24, 2.45) is 0 Å². The average molecular weight is 392 g/mol. The molecule has 0 bridgehead atoms. The Labute approximate surface area is 167 Å². The Morgan fingerprint density at radius 3 is 2.32 bits per heavy atom. The van der Waals surface area contributed by atoms with Crippen molar-refractivity contribution < 1.29 is 9.53 Å². The molecule has 0 aliphatic carbocycles. The molecule has 0 spiro atoms. The van der Waals surface area contributed by atoms with Gasteiger partial charge in [-0.2, -0.15) is 0 Å². The molecule has 3 aromatic rings. The Morgan fingerprint density at radius 2 is 1.82 bits per heavy atom. The second-order valence-electron chi connectivity index (χ2n) is 7.11. The molecule has 0 aliphatic heterocycles. The van der Waals surface area contributed by atoms with Crippen LogP contribution in [0.5, 0.6) is 0 Å². The number of esters is 1. The highest BCUT2D eigenvalue weighted by atomic mass is 28.3. The molecule has 28 heavy (non-hydrogen) atoms. The first-order valence-corrected chi connectivity index (χ1v) is 12.4. The van der Waals surface area contributed by atoms with Gasteiger partial charge in [0, 0.05) is 29.7 Å². The lowest BCUT2D eigenvalue weighted by molar-refractivity contribution is 0.0594. The second-order valence-corrected chi connectivity index (χ2v) is 11.9. The molecule has 0 unspecified atom stereocenters. The summed E-state index contributed by atoms with van der Waals surface area (Å²) < 4.78 is 4.43. The van der Waals surface area contributed by atoms with Crippen molar-refractivity contribution in [2.45, 2.75) is 19.6 Å². The number of carbonyl (C=O) groups excluding carboxylic acids is 1. The molecule has 144 valence electrons. The summed E-state index contributed by atoms with van der Waals surface area (Å²) in [7, 11) is 0.0286. The van der Waals surface area contributed by atoms with Gasteiger partial charge in [-0.05, 0) is 29.8 Å². The van der Waals surface area contributed by atoms with Gasteiger partial charge in [0.1, 0.15) is 13.8 Å². The van der Waals surface area contributed by atoms with Crippen LogP contribution in [0.15, 0.2) is 61.1 Å². The summed E-state index contributed by atoms with van der Waals surface area (Å²) >= 11 is 0. The fourth-order valence-electron chi connectivity index (χ4n) is 2.21. The highest BCUT2D eigenvalue weighted by Crippen LogP contribution is 2.25. The highest BCUT2D eigenvalue weighted by molar-refractivity contribution is 6.83. The SMILES string of the molecule is COC(=O)c1ccccn1.C[Si](C)(C)C#Cc1ccc(-c2c[nH]cc2N)cc1. The molecular formula is C22H25N3O2Si. The van der Waals surface area contributed by atoms with Gasteiger partial charge in [0.15, 0.2) is 0 Å². The maximum absolute atomic E-state index is 10.7. The van der Waals surface area contributed by atoms with Gasteiger partial charge >= 0.3 is 5.97 Å². The largest absolute Gasteiger partial charge is 0.464 e. The second kappa shape index (κ2) is 9.58. The van der Waals surface area contributed by atoms with Gasteiger partial charge in [-0.15, -0.1) is 5.54 Å². The lowest BCUT2D eigenvalue weighted by Crippen LogP contribution is -2.16. The van der Waals surface area contributed by atoms with Crippen LogP contribution in [0.3, 0.4) is 0 Å². The van der Waals surface area contributed by atoms with Crippen LogP contribution in [-0.2, 0) is 4.74 Å². The summed E-state index contributed by atoms with van der Waals surface area (Å²) in [6.07, 6.45) is 5.26. The number of H-pyrrole nitrogens is 1. The Balaban J connectivity index is 0.000000237. The Kier molecular flexibility index (Phi) is 7.19. The number of nitrogens with one attached hydrogen (secondary N) is 1. The number of benzene rings is 1. The first kappa shape index (κ1) is 21.0. The smallest absolute Gasteiger partial charge is 0.356 e. The zero-order valence-electron chi connectivity index (χ0n) is 16.6. The van der Waals surface area contributed by atoms with E-state index in [4.69, 9.17) is 5.73 Å². The van der Waals surface area contributed by atoms with E-state index in [-0.39, 0.29) is 0 Å². The summed E-state index contributed by atoms with van der Waals surface area (Å²) in [6, 6.07) is 13.3. The topological polar surface area (TPSA) is 81.0 Å². The van der Waals surface area contributed by atoms with Gasteiger partial charge in [0.05, 0.1) is 12.8 Å². The quantitative estimate of drug-likeness (QED) is 0.386. The van der Waals surface area contributed by atoms with E-state index in [2.05, 4.69) is 70.1 Å². The summed E-state index contributed by atoms with van der Waals surface area (Å²) in [4.78, 5) is 17.5. The number of aromatic nitrogens is 2. The summed E-state index contributed by atoms with van der Waals surface area (Å²) in [6.45, 7) is 6.73. The van der Waals surface area contributed by atoms with E-state index in [1.165, 1.54) is 7.11 Å². The number of ether oxygens (including phenoxy) is 1. The van der Waals surface area contributed by atoms with Crippen molar-refractivity contribution >= 4 is 19.7 Å². The predicted octanol–water partition coefficient (Wildman–Crippen LogP) is 4.36. The van der Waals surface area contributed by atoms with E-state index in [1.54, 1.807) is 30.6 Å². The van der Waals surface area contributed by atoms with E-state index in [0.717, 1.165) is 22.4 Å². The number of hydrogen-bond donors (Lipinski definition) is 2. The van der Waals surface area contributed by atoms with Crippen molar-refractivity contribution in [2.75, 3.05) is 12.8 Å². The fourth-order valence-corrected chi connectivity index (χ4v) is 2.73. The molecule has 6 heteroatoms. The Bertz CT molecular complexity index is 963. The van der Waals surface area contributed by atoms with Crippen LogP contribution < -0.4 is 5.73 Å². The normalized spacial score (nSPS) is 10.1. The number of pyridine rings is 1. The van der Waals surface area contributed by atoms with Gasteiger partial charge in [-0.25, -0.2) is 9.78 Å². The van der Waals surface area contributed by atoms with E-state index in [1.807, 2.05) is 6.20 Å². The minimum atomic E-state index is -1.30. The van der Waals surface area contributed by atoms with Crippen LogP contribution >= 0.6 is 0 Å². The number of nitrogens with zero attached hydrogens (tertiary/aromatic N) is 1. The predicted molar refractivity (Wildman–Crippen MR) is 116 cm³/mol. The number of hydrogen-bond acceptors (Lipinski definition) is 4. The van der Waals surface area contributed by atoms with E-state index >= 15 is 0 Å². The number of methoxy groups -OCH3 is 1. The van der Waals surface area contributed by atoms with Crippen LogP contribution in [0.25, 0.3) is 11.1 Å². The third-order valence-corrected chi connectivity index (χ3v) is 4.49. The summed E-state index contributed by atoms with van der Waals surface area (Å²) in [5, 5.41) is 0. The molecule has 3 rings (SSSR count). The van der Waals surface area contributed by atoms with Crippen LogP contribution in [0.1, 0.15) is 16.1 Å². The van der Waals surface area contributed by atoms with Crippen molar-refractivity contribution in [3.8, 4) is 22.6 Å². The number of rotatable bonds is 2. The van der Waals surface area contributed by atoms with Gasteiger partial charge in [-0.3, -0.25) is 0 Å². The summed E-state index contributed by atoms with van der Waals surface area (Å²) in [5.74, 6) is 2.84. The molecule has 0 saturated heterocycles. The lowest BCUT2D eigenvalue weighted by Gasteiger charge is -2.04. The molecular weight excluding hydrogens is 366 g/mol. The molecule has 2 heterocycles.